The Morgan fingerprint density at radius 2 is 2.12 bits per heavy atom. The van der Waals surface area contributed by atoms with Crippen LogP contribution < -0.4 is 5.43 Å². The molecule has 1 aromatic heterocycles. The number of aromatic nitrogens is 1. The van der Waals surface area contributed by atoms with Gasteiger partial charge in [-0.2, -0.15) is 0 Å². The number of hydrogen-bond acceptors (Lipinski definition) is 3. The number of fused-ring (bicyclic) bond motifs is 1. The molecule has 0 saturated heterocycles. The van der Waals surface area contributed by atoms with Crippen LogP contribution in [0.4, 0.5) is 0 Å². The molecular formula is C12H10INO3. The summed E-state index contributed by atoms with van der Waals surface area (Å²) in [5.74, 6) is -0.452. The molecule has 0 unspecified atom stereocenters. The fourth-order valence-electron chi connectivity index (χ4n) is 1.69. The summed E-state index contributed by atoms with van der Waals surface area (Å²) in [7, 11) is 1.32. The van der Waals surface area contributed by atoms with Gasteiger partial charge < -0.3 is 9.72 Å². The van der Waals surface area contributed by atoms with Crippen molar-refractivity contribution in [1.29, 1.82) is 0 Å². The number of esters is 1. The Morgan fingerprint density at radius 1 is 1.41 bits per heavy atom. The van der Waals surface area contributed by atoms with Gasteiger partial charge in [-0.1, -0.05) is 6.07 Å². The highest BCUT2D eigenvalue weighted by Gasteiger charge is 2.14. The van der Waals surface area contributed by atoms with E-state index in [0.717, 1.165) is 5.69 Å². The van der Waals surface area contributed by atoms with Crippen molar-refractivity contribution in [3.05, 3.63) is 43.2 Å². The highest BCUT2D eigenvalue weighted by atomic mass is 127. The summed E-state index contributed by atoms with van der Waals surface area (Å²) in [6.07, 6.45) is 0. The average Bonchev–Trinajstić information content (AvgIpc) is 2.34. The molecule has 88 valence electrons. The number of carbonyl (C=O) groups is 1. The van der Waals surface area contributed by atoms with Crippen molar-refractivity contribution in [2.75, 3.05) is 7.11 Å². The molecule has 0 aliphatic carbocycles. The highest BCUT2D eigenvalue weighted by molar-refractivity contribution is 14.1. The molecule has 5 heteroatoms. The molecule has 0 aliphatic rings. The van der Waals surface area contributed by atoms with Crippen molar-refractivity contribution in [2.45, 2.75) is 6.92 Å². The quantitative estimate of drug-likeness (QED) is 0.638. The van der Waals surface area contributed by atoms with Crippen LogP contribution in [0.3, 0.4) is 0 Å². The molecule has 1 N–H and O–H groups in total. The summed E-state index contributed by atoms with van der Waals surface area (Å²) in [5, 5.41) is 0.503. The molecule has 2 rings (SSSR count). The number of hydrogen-bond donors (Lipinski definition) is 1. The Labute approximate surface area is 111 Å². The van der Waals surface area contributed by atoms with Crippen LogP contribution in [-0.2, 0) is 4.74 Å². The molecule has 0 bridgehead atoms. The molecule has 0 fully saturated rings. The van der Waals surface area contributed by atoms with E-state index in [2.05, 4.69) is 4.98 Å². The van der Waals surface area contributed by atoms with E-state index in [4.69, 9.17) is 4.74 Å². The molecule has 0 amide bonds. The first-order valence-corrected chi connectivity index (χ1v) is 6.03. The number of aromatic amines is 1. The first kappa shape index (κ1) is 12.1. The van der Waals surface area contributed by atoms with E-state index in [1.54, 1.807) is 25.1 Å². The Bertz CT molecular complexity index is 661. The van der Waals surface area contributed by atoms with E-state index in [0.29, 0.717) is 20.0 Å². The van der Waals surface area contributed by atoms with Crippen LogP contribution >= 0.6 is 22.6 Å². The molecule has 2 aromatic rings. The minimum Gasteiger partial charge on any atom is -0.465 e. The maximum absolute atomic E-state index is 12.0. The van der Waals surface area contributed by atoms with Crippen molar-refractivity contribution in [3.8, 4) is 0 Å². The highest BCUT2D eigenvalue weighted by Crippen LogP contribution is 2.17. The van der Waals surface area contributed by atoms with Crippen molar-refractivity contribution < 1.29 is 9.53 Å². The summed E-state index contributed by atoms with van der Waals surface area (Å²) >= 11 is 2.00. The monoisotopic (exact) mass is 343 g/mol. The zero-order valence-corrected chi connectivity index (χ0v) is 11.5. The van der Waals surface area contributed by atoms with Gasteiger partial charge >= 0.3 is 5.97 Å². The molecular weight excluding hydrogens is 333 g/mol. The first-order chi connectivity index (χ1) is 8.06. The number of pyridine rings is 1. The summed E-state index contributed by atoms with van der Waals surface area (Å²) in [6, 6.07) is 5.01. The number of para-hydroxylation sites is 1. The predicted octanol–water partition coefficient (Wildman–Crippen LogP) is 2.23. The van der Waals surface area contributed by atoms with E-state index >= 15 is 0 Å². The fourth-order valence-corrected chi connectivity index (χ4v) is 2.11. The van der Waals surface area contributed by atoms with Crippen molar-refractivity contribution in [3.63, 3.8) is 0 Å². The Balaban J connectivity index is 2.91. The lowest BCUT2D eigenvalue weighted by Crippen LogP contribution is -2.12. The number of nitrogens with one attached hydrogen (secondary N) is 1. The second-order valence-corrected chi connectivity index (χ2v) is 4.69. The number of methoxy groups -OCH3 is 1. The first-order valence-electron chi connectivity index (χ1n) is 4.95. The number of carbonyl (C=O) groups excluding carboxylic acids is 1. The van der Waals surface area contributed by atoms with Crippen molar-refractivity contribution >= 4 is 39.5 Å². The molecule has 0 radical (unpaired) electrons. The topological polar surface area (TPSA) is 59.2 Å². The van der Waals surface area contributed by atoms with Gasteiger partial charge in [0.2, 0.25) is 5.43 Å². The van der Waals surface area contributed by atoms with Crippen LogP contribution in [0.1, 0.15) is 16.1 Å². The number of H-pyrrole nitrogens is 1. The third-order valence-electron chi connectivity index (χ3n) is 2.56. The second kappa shape index (κ2) is 4.48. The van der Waals surface area contributed by atoms with Gasteiger partial charge in [0.05, 0.1) is 21.8 Å². The molecule has 4 nitrogen and oxygen atoms in total. The SMILES string of the molecule is COC(=O)c1cccc2c(=O)c(I)c(C)[nH]c12. The van der Waals surface area contributed by atoms with Gasteiger partial charge in [0.1, 0.15) is 0 Å². The van der Waals surface area contributed by atoms with Gasteiger partial charge in [0.25, 0.3) is 0 Å². The zero-order chi connectivity index (χ0) is 12.6. The number of benzene rings is 1. The minimum atomic E-state index is -0.452. The number of halogens is 1. The standard InChI is InChI=1S/C12H10INO3/c1-6-9(13)11(15)7-4-3-5-8(10(7)14-6)12(16)17-2/h3-5H,1-2H3,(H,14,15). The maximum atomic E-state index is 12.0. The normalized spacial score (nSPS) is 10.5. The largest absolute Gasteiger partial charge is 0.465 e. The van der Waals surface area contributed by atoms with E-state index in [1.807, 2.05) is 22.6 Å². The van der Waals surface area contributed by atoms with Gasteiger partial charge in [0, 0.05) is 11.1 Å². The lowest BCUT2D eigenvalue weighted by molar-refractivity contribution is 0.0603. The molecule has 0 spiro atoms. The van der Waals surface area contributed by atoms with Gasteiger partial charge in [-0.25, -0.2) is 4.79 Å². The lowest BCUT2D eigenvalue weighted by Gasteiger charge is -2.07. The van der Waals surface area contributed by atoms with Crippen molar-refractivity contribution in [2.24, 2.45) is 0 Å². The minimum absolute atomic E-state index is 0.0670. The van der Waals surface area contributed by atoms with Crippen molar-refractivity contribution in [1.82, 2.24) is 4.98 Å². The summed E-state index contributed by atoms with van der Waals surface area (Å²) in [5.41, 5.74) is 1.59. The molecule has 0 aliphatic heterocycles. The molecule has 0 atom stereocenters. The van der Waals surface area contributed by atoms with Gasteiger partial charge in [-0.15, -0.1) is 0 Å². The number of ether oxygens (including phenoxy) is 1. The molecule has 1 aromatic carbocycles. The summed E-state index contributed by atoms with van der Waals surface area (Å²) in [6.45, 7) is 1.80. The van der Waals surface area contributed by atoms with E-state index in [1.165, 1.54) is 7.11 Å². The number of rotatable bonds is 1. The Morgan fingerprint density at radius 3 is 2.76 bits per heavy atom. The molecule has 0 saturated carbocycles. The molecule has 1 heterocycles. The summed E-state index contributed by atoms with van der Waals surface area (Å²) < 4.78 is 5.33. The van der Waals surface area contributed by atoms with Crippen LogP contribution in [0.5, 0.6) is 0 Å². The zero-order valence-electron chi connectivity index (χ0n) is 9.33. The van der Waals surface area contributed by atoms with Crippen LogP contribution in [0.2, 0.25) is 0 Å². The van der Waals surface area contributed by atoms with Gasteiger partial charge in [0.15, 0.2) is 0 Å². The van der Waals surface area contributed by atoms with E-state index in [-0.39, 0.29) is 5.43 Å². The predicted molar refractivity (Wildman–Crippen MR) is 73.4 cm³/mol. The second-order valence-electron chi connectivity index (χ2n) is 3.61. The fraction of sp³-hybridized carbons (Fsp3) is 0.167. The van der Waals surface area contributed by atoms with Gasteiger partial charge in [-0.05, 0) is 41.6 Å². The van der Waals surface area contributed by atoms with Crippen LogP contribution in [0, 0.1) is 10.5 Å². The Kier molecular flexibility index (Phi) is 3.19. The maximum Gasteiger partial charge on any atom is 0.339 e. The van der Waals surface area contributed by atoms with Crippen LogP contribution in [0.15, 0.2) is 23.0 Å². The van der Waals surface area contributed by atoms with Gasteiger partial charge in [-0.3, -0.25) is 4.79 Å². The third-order valence-corrected chi connectivity index (χ3v) is 3.85. The third kappa shape index (κ3) is 1.95. The van der Waals surface area contributed by atoms with Crippen LogP contribution in [-0.4, -0.2) is 18.1 Å². The van der Waals surface area contributed by atoms with Crippen LogP contribution in [0.25, 0.3) is 10.9 Å². The van der Waals surface area contributed by atoms with E-state index in [9.17, 15) is 9.59 Å². The smallest absolute Gasteiger partial charge is 0.339 e. The summed E-state index contributed by atoms with van der Waals surface area (Å²) in [4.78, 5) is 26.7. The molecule has 17 heavy (non-hydrogen) atoms. The average molecular weight is 343 g/mol. The Hall–Kier alpha value is -1.37. The van der Waals surface area contributed by atoms with E-state index < -0.39 is 5.97 Å². The lowest BCUT2D eigenvalue weighted by atomic mass is 10.1. The number of aryl methyl sites for hydroxylation is 1.